The fraction of sp³-hybridized carbons (Fsp3) is 0.211. The molecule has 8 heteroatoms. The number of hydrogen-bond acceptors (Lipinski definition) is 6. The number of hydrogen-bond donors (Lipinski definition) is 2. The molecule has 0 aliphatic carbocycles. The van der Waals surface area contributed by atoms with Crippen molar-refractivity contribution in [3.8, 4) is 11.5 Å². The minimum absolute atomic E-state index is 0.212. The second-order valence-electron chi connectivity index (χ2n) is 5.48. The van der Waals surface area contributed by atoms with Crippen molar-refractivity contribution in [2.45, 2.75) is 12.1 Å². The fourth-order valence-corrected chi connectivity index (χ4v) is 3.06. The lowest BCUT2D eigenvalue weighted by molar-refractivity contribution is -0.118. The lowest BCUT2D eigenvalue weighted by Crippen LogP contribution is -2.19. The standard InChI is InChI=1S/C19H20N4O3S/c1-3-26-16-9-8-13(10-17(16)25-2)11-20-23-18(24)12-27-19-21-14-6-4-5-7-15(14)22-19/h4-11H,3,12H2,1-2H3,(H,21,22)(H,23,24)/b20-11-. The number of thioether (sulfide) groups is 1. The molecule has 7 nitrogen and oxygen atoms in total. The van der Waals surface area contributed by atoms with E-state index < -0.39 is 0 Å². The van der Waals surface area contributed by atoms with Crippen molar-refractivity contribution >= 4 is 34.9 Å². The highest BCUT2D eigenvalue weighted by molar-refractivity contribution is 7.99. The Kier molecular flexibility index (Phi) is 6.32. The van der Waals surface area contributed by atoms with Crippen molar-refractivity contribution in [1.82, 2.24) is 15.4 Å². The zero-order valence-corrected chi connectivity index (χ0v) is 15.9. The van der Waals surface area contributed by atoms with Crippen LogP contribution in [0.25, 0.3) is 11.0 Å². The molecule has 3 rings (SSSR count). The maximum atomic E-state index is 12.0. The van der Waals surface area contributed by atoms with Crippen LogP contribution in [0.4, 0.5) is 0 Å². The van der Waals surface area contributed by atoms with Crippen LogP contribution in [0.1, 0.15) is 12.5 Å². The van der Waals surface area contributed by atoms with E-state index in [1.165, 1.54) is 11.8 Å². The van der Waals surface area contributed by atoms with Gasteiger partial charge in [-0.3, -0.25) is 4.79 Å². The molecule has 140 valence electrons. The van der Waals surface area contributed by atoms with Crippen molar-refractivity contribution in [2.24, 2.45) is 5.10 Å². The summed E-state index contributed by atoms with van der Waals surface area (Å²) >= 11 is 1.32. The number of methoxy groups -OCH3 is 1. The summed E-state index contributed by atoms with van der Waals surface area (Å²) in [6.07, 6.45) is 1.56. The predicted molar refractivity (Wildman–Crippen MR) is 107 cm³/mol. The lowest BCUT2D eigenvalue weighted by atomic mass is 10.2. The van der Waals surface area contributed by atoms with Gasteiger partial charge in [-0.1, -0.05) is 23.9 Å². The first-order valence-electron chi connectivity index (χ1n) is 8.40. The van der Waals surface area contributed by atoms with Gasteiger partial charge in [-0.15, -0.1) is 0 Å². The molecule has 0 spiro atoms. The first-order chi connectivity index (χ1) is 13.2. The minimum Gasteiger partial charge on any atom is -0.493 e. The van der Waals surface area contributed by atoms with Gasteiger partial charge < -0.3 is 14.5 Å². The Morgan fingerprint density at radius 1 is 1.30 bits per heavy atom. The minimum atomic E-state index is -0.213. The number of amides is 1. The highest BCUT2D eigenvalue weighted by Crippen LogP contribution is 2.27. The van der Waals surface area contributed by atoms with Crippen molar-refractivity contribution in [2.75, 3.05) is 19.5 Å². The van der Waals surface area contributed by atoms with E-state index in [-0.39, 0.29) is 11.7 Å². The van der Waals surface area contributed by atoms with Crippen LogP contribution in [0.15, 0.2) is 52.7 Å². The van der Waals surface area contributed by atoms with E-state index in [2.05, 4.69) is 20.5 Å². The van der Waals surface area contributed by atoms with Gasteiger partial charge in [0.25, 0.3) is 5.91 Å². The Morgan fingerprint density at radius 3 is 2.93 bits per heavy atom. The second kappa shape index (κ2) is 9.09. The Labute approximate surface area is 161 Å². The summed E-state index contributed by atoms with van der Waals surface area (Å²) in [4.78, 5) is 19.5. The Hall–Kier alpha value is -3.00. The maximum Gasteiger partial charge on any atom is 0.250 e. The molecule has 2 N–H and O–H groups in total. The van der Waals surface area contributed by atoms with E-state index in [0.29, 0.717) is 23.3 Å². The van der Waals surface area contributed by atoms with E-state index in [1.54, 1.807) is 19.4 Å². The third-order valence-electron chi connectivity index (χ3n) is 3.60. The van der Waals surface area contributed by atoms with Crippen LogP contribution in [0.2, 0.25) is 0 Å². The van der Waals surface area contributed by atoms with Crippen LogP contribution >= 0.6 is 11.8 Å². The molecule has 0 saturated heterocycles. The molecular weight excluding hydrogens is 364 g/mol. The summed E-state index contributed by atoms with van der Waals surface area (Å²) in [5.74, 6) is 1.29. The van der Waals surface area contributed by atoms with Crippen LogP contribution in [0.3, 0.4) is 0 Å². The molecule has 1 amide bonds. The number of ether oxygens (including phenoxy) is 2. The molecule has 0 aliphatic heterocycles. The SMILES string of the molecule is CCOc1ccc(/C=N\NC(=O)CSc2nc3ccccc3[nH]2)cc1OC. The summed E-state index contributed by atoms with van der Waals surface area (Å²) in [7, 11) is 1.58. The maximum absolute atomic E-state index is 12.0. The number of imidazole rings is 1. The molecule has 2 aromatic carbocycles. The van der Waals surface area contributed by atoms with Gasteiger partial charge in [0.2, 0.25) is 0 Å². The highest BCUT2D eigenvalue weighted by Gasteiger charge is 2.07. The molecule has 1 heterocycles. The average molecular weight is 384 g/mol. The average Bonchev–Trinajstić information content (AvgIpc) is 3.10. The summed E-state index contributed by atoms with van der Waals surface area (Å²) < 4.78 is 10.8. The first-order valence-corrected chi connectivity index (χ1v) is 9.38. The van der Waals surface area contributed by atoms with Gasteiger partial charge in [0.05, 0.1) is 36.7 Å². The number of H-pyrrole nitrogens is 1. The molecule has 27 heavy (non-hydrogen) atoms. The number of aromatic nitrogens is 2. The molecule has 0 radical (unpaired) electrons. The van der Waals surface area contributed by atoms with Crippen molar-refractivity contribution < 1.29 is 14.3 Å². The molecule has 0 saturated carbocycles. The third kappa shape index (κ3) is 5.01. The van der Waals surface area contributed by atoms with E-state index in [1.807, 2.05) is 43.3 Å². The third-order valence-corrected chi connectivity index (χ3v) is 4.47. The topological polar surface area (TPSA) is 88.6 Å². The van der Waals surface area contributed by atoms with Gasteiger partial charge in [-0.25, -0.2) is 10.4 Å². The fourth-order valence-electron chi connectivity index (χ4n) is 2.38. The number of para-hydroxylation sites is 2. The summed E-state index contributed by atoms with van der Waals surface area (Å²) in [5, 5.41) is 4.68. The monoisotopic (exact) mass is 384 g/mol. The Bertz CT molecular complexity index is 922. The number of hydrazone groups is 1. The number of fused-ring (bicyclic) bond motifs is 1. The zero-order chi connectivity index (χ0) is 19.1. The Morgan fingerprint density at radius 2 is 2.15 bits per heavy atom. The van der Waals surface area contributed by atoms with E-state index in [4.69, 9.17) is 9.47 Å². The zero-order valence-electron chi connectivity index (χ0n) is 15.1. The number of benzene rings is 2. The number of aromatic amines is 1. The number of nitrogens with zero attached hydrogens (tertiary/aromatic N) is 2. The van der Waals surface area contributed by atoms with E-state index >= 15 is 0 Å². The van der Waals surface area contributed by atoms with Crippen molar-refractivity contribution in [3.63, 3.8) is 0 Å². The van der Waals surface area contributed by atoms with Crippen LogP contribution in [-0.4, -0.2) is 41.6 Å². The van der Waals surface area contributed by atoms with Crippen LogP contribution in [0, 0.1) is 0 Å². The van der Waals surface area contributed by atoms with Gasteiger partial charge in [0.15, 0.2) is 16.7 Å². The van der Waals surface area contributed by atoms with Crippen LogP contribution in [0.5, 0.6) is 11.5 Å². The van der Waals surface area contributed by atoms with Crippen LogP contribution in [-0.2, 0) is 4.79 Å². The molecule has 0 fully saturated rings. The van der Waals surface area contributed by atoms with Crippen molar-refractivity contribution in [1.29, 1.82) is 0 Å². The van der Waals surface area contributed by atoms with Gasteiger partial charge >= 0.3 is 0 Å². The first kappa shape index (κ1) is 18.8. The summed E-state index contributed by atoms with van der Waals surface area (Å²) in [6.45, 7) is 2.47. The molecule has 0 aliphatic rings. The summed E-state index contributed by atoms with van der Waals surface area (Å²) in [5.41, 5.74) is 5.13. The smallest absolute Gasteiger partial charge is 0.250 e. The number of rotatable bonds is 8. The van der Waals surface area contributed by atoms with Crippen molar-refractivity contribution in [3.05, 3.63) is 48.0 Å². The largest absolute Gasteiger partial charge is 0.493 e. The predicted octanol–water partition coefficient (Wildman–Crippen LogP) is 3.21. The van der Waals surface area contributed by atoms with Crippen LogP contribution < -0.4 is 14.9 Å². The molecular formula is C19H20N4O3S. The lowest BCUT2D eigenvalue weighted by Gasteiger charge is -2.09. The molecule has 0 atom stereocenters. The molecule has 3 aromatic rings. The van der Waals surface area contributed by atoms with E-state index in [9.17, 15) is 4.79 Å². The summed E-state index contributed by atoms with van der Waals surface area (Å²) in [6, 6.07) is 13.2. The highest BCUT2D eigenvalue weighted by atomic mass is 32.2. The van der Waals surface area contributed by atoms with Gasteiger partial charge in [0.1, 0.15) is 0 Å². The van der Waals surface area contributed by atoms with Gasteiger partial charge in [0, 0.05) is 0 Å². The number of nitrogens with one attached hydrogen (secondary N) is 2. The van der Waals surface area contributed by atoms with Gasteiger partial charge in [-0.05, 0) is 42.8 Å². The second-order valence-corrected chi connectivity index (χ2v) is 6.45. The molecule has 0 bridgehead atoms. The normalized spacial score (nSPS) is 11.0. The number of carbonyl (C=O) groups excluding carboxylic acids is 1. The Balaban J connectivity index is 1.52. The quantitative estimate of drug-likeness (QED) is 0.354. The molecule has 1 aromatic heterocycles. The van der Waals surface area contributed by atoms with Gasteiger partial charge in [-0.2, -0.15) is 5.10 Å². The molecule has 0 unspecified atom stereocenters. The van der Waals surface area contributed by atoms with E-state index in [0.717, 1.165) is 16.6 Å². The number of carbonyl (C=O) groups is 1.